The average Bonchev–Trinajstić information content (AvgIpc) is 3.02. The molecule has 0 spiro atoms. The maximum absolute atomic E-state index is 9.55. The molecule has 1 aromatic heterocycles. The first-order valence-electron chi connectivity index (χ1n) is 7.50. The molecule has 0 bridgehead atoms. The van der Waals surface area contributed by atoms with Gasteiger partial charge in [-0.2, -0.15) is 20.9 Å². The zero-order chi connectivity index (χ0) is 18.0. The molecule has 0 fully saturated rings. The van der Waals surface area contributed by atoms with E-state index in [1.54, 1.807) is 0 Å². The van der Waals surface area contributed by atoms with Crippen molar-refractivity contribution in [3.05, 3.63) is 47.0 Å². The number of benzene rings is 1. The van der Waals surface area contributed by atoms with Crippen molar-refractivity contribution in [3.63, 3.8) is 0 Å². The lowest BCUT2D eigenvalue weighted by molar-refractivity contribution is 0.603. The third kappa shape index (κ3) is 2.98. The van der Waals surface area contributed by atoms with E-state index in [1.165, 1.54) is 11.0 Å². The van der Waals surface area contributed by atoms with Gasteiger partial charge in [0.2, 0.25) is 5.82 Å². The number of nitriles is 3. The monoisotopic (exact) mass is 318 g/mol. The molecule has 2 aromatic rings. The van der Waals surface area contributed by atoms with Gasteiger partial charge in [-0.3, -0.25) is 0 Å². The van der Waals surface area contributed by atoms with E-state index in [4.69, 9.17) is 5.26 Å². The SMILES string of the molecule is CC(C)(C#N)c1cccc(C(C)(C)C#N)c1Cn1ncnc1C#N. The molecule has 1 heterocycles. The van der Waals surface area contributed by atoms with Crippen LogP contribution in [-0.4, -0.2) is 14.8 Å². The molecular weight excluding hydrogens is 300 g/mol. The quantitative estimate of drug-likeness (QED) is 0.862. The number of aromatic nitrogens is 3. The fourth-order valence-corrected chi connectivity index (χ4v) is 2.66. The van der Waals surface area contributed by atoms with Crippen LogP contribution in [0.2, 0.25) is 0 Å². The highest BCUT2D eigenvalue weighted by molar-refractivity contribution is 5.47. The van der Waals surface area contributed by atoms with Crippen molar-refractivity contribution in [1.29, 1.82) is 15.8 Å². The van der Waals surface area contributed by atoms with Crippen LogP contribution in [-0.2, 0) is 17.4 Å². The van der Waals surface area contributed by atoms with Crippen LogP contribution >= 0.6 is 0 Å². The summed E-state index contributed by atoms with van der Waals surface area (Å²) in [5.74, 6) is 0.195. The van der Waals surface area contributed by atoms with Crippen molar-refractivity contribution in [2.45, 2.75) is 45.1 Å². The molecule has 0 N–H and O–H groups in total. The second-order valence-corrected chi connectivity index (χ2v) is 6.66. The summed E-state index contributed by atoms with van der Waals surface area (Å²) < 4.78 is 1.49. The Kier molecular flexibility index (Phi) is 4.40. The first-order chi connectivity index (χ1) is 11.3. The Balaban J connectivity index is 2.73. The topological polar surface area (TPSA) is 102 Å². The van der Waals surface area contributed by atoms with E-state index < -0.39 is 10.8 Å². The van der Waals surface area contributed by atoms with Crippen molar-refractivity contribution in [2.24, 2.45) is 0 Å². The molecule has 24 heavy (non-hydrogen) atoms. The van der Waals surface area contributed by atoms with Gasteiger partial charge in [0.25, 0.3) is 0 Å². The highest BCUT2D eigenvalue weighted by Crippen LogP contribution is 2.34. The first kappa shape index (κ1) is 17.2. The number of rotatable bonds is 4. The van der Waals surface area contributed by atoms with Gasteiger partial charge in [-0.25, -0.2) is 9.67 Å². The van der Waals surface area contributed by atoms with E-state index in [0.717, 1.165) is 16.7 Å². The molecule has 6 nitrogen and oxygen atoms in total. The molecule has 0 radical (unpaired) electrons. The standard InChI is InChI=1S/C18H18N6/c1-17(2,10-20)14-6-5-7-15(18(3,4)11-21)13(14)9-24-16(8-19)22-12-23-24/h5-7,12H,9H2,1-4H3. The van der Waals surface area contributed by atoms with E-state index >= 15 is 0 Å². The van der Waals surface area contributed by atoms with E-state index in [-0.39, 0.29) is 12.4 Å². The summed E-state index contributed by atoms with van der Waals surface area (Å²) in [6.07, 6.45) is 1.33. The van der Waals surface area contributed by atoms with Crippen LogP contribution in [0.15, 0.2) is 24.5 Å². The van der Waals surface area contributed by atoms with Crippen LogP contribution in [0, 0.1) is 34.0 Å². The minimum atomic E-state index is -0.732. The molecule has 1 aromatic carbocycles. The Hall–Kier alpha value is -3.17. The van der Waals surface area contributed by atoms with Gasteiger partial charge in [-0.1, -0.05) is 18.2 Å². The van der Waals surface area contributed by atoms with Gasteiger partial charge in [0, 0.05) is 0 Å². The smallest absolute Gasteiger partial charge is 0.231 e. The maximum atomic E-state index is 9.55. The fourth-order valence-electron chi connectivity index (χ4n) is 2.66. The van der Waals surface area contributed by atoms with E-state index in [1.807, 2.05) is 52.0 Å². The summed E-state index contributed by atoms with van der Waals surface area (Å²) in [6.45, 7) is 7.62. The van der Waals surface area contributed by atoms with Gasteiger partial charge >= 0.3 is 0 Å². The molecule has 2 rings (SSSR count). The van der Waals surface area contributed by atoms with Gasteiger partial charge in [0.05, 0.1) is 29.5 Å². The fraction of sp³-hybridized carbons (Fsp3) is 0.389. The number of hydrogen-bond donors (Lipinski definition) is 0. The van der Waals surface area contributed by atoms with E-state index in [2.05, 4.69) is 22.2 Å². The van der Waals surface area contributed by atoms with Crippen LogP contribution in [0.3, 0.4) is 0 Å². The molecule has 0 atom stereocenters. The van der Waals surface area contributed by atoms with E-state index in [0.29, 0.717) is 0 Å². The molecular formula is C18H18N6. The highest BCUT2D eigenvalue weighted by Gasteiger charge is 2.30. The molecule has 0 aliphatic heterocycles. The predicted molar refractivity (Wildman–Crippen MR) is 87.6 cm³/mol. The lowest BCUT2D eigenvalue weighted by atomic mass is 9.76. The van der Waals surface area contributed by atoms with Crippen molar-refractivity contribution in [2.75, 3.05) is 0 Å². The molecule has 0 saturated carbocycles. The van der Waals surface area contributed by atoms with Gasteiger partial charge in [0.15, 0.2) is 0 Å². The summed E-state index contributed by atoms with van der Waals surface area (Å²) in [5, 5.41) is 32.4. The minimum absolute atomic E-state index is 0.195. The van der Waals surface area contributed by atoms with Crippen LogP contribution < -0.4 is 0 Å². The van der Waals surface area contributed by atoms with Crippen LogP contribution in [0.5, 0.6) is 0 Å². The number of hydrogen-bond acceptors (Lipinski definition) is 5. The Bertz CT molecular complexity index is 839. The summed E-state index contributed by atoms with van der Waals surface area (Å²) in [6, 6.07) is 12.3. The zero-order valence-electron chi connectivity index (χ0n) is 14.2. The summed E-state index contributed by atoms with van der Waals surface area (Å²) >= 11 is 0. The van der Waals surface area contributed by atoms with Crippen molar-refractivity contribution in [1.82, 2.24) is 14.8 Å². The second kappa shape index (κ2) is 6.14. The van der Waals surface area contributed by atoms with Crippen molar-refractivity contribution < 1.29 is 0 Å². The lowest BCUT2D eigenvalue weighted by Gasteiger charge is -2.27. The molecule has 0 amide bonds. The Labute approximate surface area is 141 Å². The first-order valence-corrected chi connectivity index (χ1v) is 7.50. The van der Waals surface area contributed by atoms with Crippen LogP contribution in [0.1, 0.15) is 50.2 Å². The molecule has 120 valence electrons. The summed E-state index contributed by atoms with van der Waals surface area (Å²) in [4.78, 5) is 3.92. The Morgan fingerprint density at radius 1 is 1.00 bits per heavy atom. The minimum Gasteiger partial charge on any atom is -0.233 e. The highest BCUT2D eigenvalue weighted by atomic mass is 15.3. The van der Waals surface area contributed by atoms with Gasteiger partial charge in [0.1, 0.15) is 12.4 Å². The summed E-state index contributed by atoms with van der Waals surface area (Å²) in [5.41, 5.74) is 1.02. The van der Waals surface area contributed by atoms with Crippen molar-refractivity contribution in [3.8, 4) is 18.2 Å². The third-order valence-electron chi connectivity index (χ3n) is 4.11. The van der Waals surface area contributed by atoms with Gasteiger partial charge < -0.3 is 0 Å². The predicted octanol–water partition coefficient (Wildman–Crippen LogP) is 2.80. The molecule has 0 unspecified atom stereocenters. The van der Waals surface area contributed by atoms with E-state index in [9.17, 15) is 10.5 Å². The average molecular weight is 318 g/mol. The third-order valence-corrected chi connectivity index (χ3v) is 4.11. The maximum Gasteiger partial charge on any atom is 0.231 e. The Morgan fingerprint density at radius 2 is 1.54 bits per heavy atom. The zero-order valence-corrected chi connectivity index (χ0v) is 14.2. The van der Waals surface area contributed by atoms with Crippen molar-refractivity contribution >= 4 is 0 Å². The van der Waals surface area contributed by atoms with Gasteiger partial charge in [-0.15, -0.1) is 0 Å². The Morgan fingerprint density at radius 3 is 2.00 bits per heavy atom. The molecule has 6 heteroatoms. The second-order valence-electron chi connectivity index (χ2n) is 6.66. The largest absolute Gasteiger partial charge is 0.233 e. The lowest BCUT2D eigenvalue weighted by Crippen LogP contribution is -2.24. The number of nitrogens with zero attached hydrogens (tertiary/aromatic N) is 6. The molecule has 0 saturated heterocycles. The normalized spacial score (nSPS) is 11.4. The van der Waals surface area contributed by atoms with Crippen LogP contribution in [0.25, 0.3) is 0 Å². The molecule has 0 aliphatic carbocycles. The summed E-state index contributed by atoms with van der Waals surface area (Å²) in [7, 11) is 0. The van der Waals surface area contributed by atoms with Gasteiger partial charge in [-0.05, 0) is 44.4 Å². The van der Waals surface area contributed by atoms with Crippen LogP contribution in [0.4, 0.5) is 0 Å². The molecule has 0 aliphatic rings.